The fourth-order valence-corrected chi connectivity index (χ4v) is 3.46. The van der Waals surface area contributed by atoms with E-state index in [-0.39, 0.29) is 0 Å². The van der Waals surface area contributed by atoms with Crippen LogP contribution in [0.15, 0.2) is 48.8 Å². The maximum Gasteiger partial charge on any atom is 0.126 e. The van der Waals surface area contributed by atoms with E-state index in [1.165, 1.54) is 17.5 Å². The van der Waals surface area contributed by atoms with Gasteiger partial charge in [-0.3, -0.25) is 4.90 Å². The summed E-state index contributed by atoms with van der Waals surface area (Å²) in [5, 5.41) is 7.92. The first-order chi connectivity index (χ1) is 11.8. The Morgan fingerprint density at radius 1 is 1.21 bits per heavy atom. The standard InChI is InChI=1S/C19H23N5/c1-15-5-4-7-19(22-15)20-11-16-8-10-23(13-16)14-17-12-21-24-9-3-2-6-18(17)24/h2-7,9,12,16H,8,10-11,13-14H2,1H3,(H,20,22). The Kier molecular flexibility index (Phi) is 4.17. The minimum atomic E-state index is 0.675. The first-order valence-electron chi connectivity index (χ1n) is 8.59. The van der Waals surface area contributed by atoms with Crippen LogP contribution in [0.3, 0.4) is 0 Å². The molecular formula is C19H23N5. The van der Waals surface area contributed by atoms with E-state index < -0.39 is 0 Å². The van der Waals surface area contributed by atoms with Gasteiger partial charge in [0.15, 0.2) is 0 Å². The Hall–Kier alpha value is -2.40. The molecule has 1 saturated heterocycles. The summed E-state index contributed by atoms with van der Waals surface area (Å²) in [6.07, 6.45) is 5.24. The van der Waals surface area contributed by atoms with Gasteiger partial charge in [0.05, 0.1) is 11.7 Å². The second kappa shape index (κ2) is 6.61. The van der Waals surface area contributed by atoms with Crippen LogP contribution in [0.4, 0.5) is 5.82 Å². The molecule has 0 saturated carbocycles. The quantitative estimate of drug-likeness (QED) is 0.785. The molecule has 5 nitrogen and oxygen atoms in total. The number of pyridine rings is 2. The minimum Gasteiger partial charge on any atom is -0.370 e. The summed E-state index contributed by atoms with van der Waals surface area (Å²) in [5.41, 5.74) is 3.58. The van der Waals surface area contributed by atoms with Crippen LogP contribution in [0.5, 0.6) is 0 Å². The fraction of sp³-hybridized carbons (Fsp3) is 0.368. The van der Waals surface area contributed by atoms with Gasteiger partial charge < -0.3 is 5.32 Å². The summed E-state index contributed by atoms with van der Waals surface area (Å²) in [6.45, 7) is 6.27. The molecule has 1 fully saturated rings. The van der Waals surface area contributed by atoms with Crippen molar-refractivity contribution in [3.8, 4) is 0 Å². The number of fused-ring (bicyclic) bond motifs is 1. The van der Waals surface area contributed by atoms with Gasteiger partial charge in [0.25, 0.3) is 0 Å². The van der Waals surface area contributed by atoms with E-state index in [0.717, 1.165) is 37.7 Å². The van der Waals surface area contributed by atoms with E-state index in [9.17, 15) is 0 Å². The highest BCUT2D eigenvalue weighted by atomic mass is 15.2. The van der Waals surface area contributed by atoms with Crippen LogP contribution in [0.25, 0.3) is 5.52 Å². The van der Waals surface area contributed by atoms with Gasteiger partial charge in [-0.15, -0.1) is 0 Å². The van der Waals surface area contributed by atoms with Crippen LogP contribution in [0.2, 0.25) is 0 Å². The molecule has 1 aliphatic heterocycles. The zero-order valence-electron chi connectivity index (χ0n) is 14.0. The number of nitrogens with zero attached hydrogens (tertiary/aromatic N) is 4. The Balaban J connectivity index is 1.33. The van der Waals surface area contributed by atoms with Crippen molar-refractivity contribution in [1.82, 2.24) is 19.5 Å². The molecule has 3 aromatic heterocycles. The number of hydrogen-bond acceptors (Lipinski definition) is 4. The number of rotatable bonds is 5. The first kappa shape index (κ1) is 15.1. The van der Waals surface area contributed by atoms with E-state index in [1.807, 2.05) is 42.0 Å². The van der Waals surface area contributed by atoms with Gasteiger partial charge >= 0.3 is 0 Å². The van der Waals surface area contributed by atoms with E-state index in [4.69, 9.17) is 0 Å². The lowest BCUT2D eigenvalue weighted by molar-refractivity contribution is 0.320. The van der Waals surface area contributed by atoms with Gasteiger partial charge in [-0.05, 0) is 50.1 Å². The van der Waals surface area contributed by atoms with Crippen molar-refractivity contribution < 1.29 is 0 Å². The average molecular weight is 321 g/mol. The molecule has 1 N–H and O–H groups in total. The van der Waals surface area contributed by atoms with E-state index in [0.29, 0.717) is 5.92 Å². The van der Waals surface area contributed by atoms with Crippen molar-refractivity contribution in [2.75, 3.05) is 25.0 Å². The van der Waals surface area contributed by atoms with Gasteiger partial charge in [-0.2, -0.15) is 5.10 Å². The summed E-state index contributed by atoms with van der Waals surface area (Å²) in [7, 11) is 0. The average Bonchev–Trinajstić information content (AvgIpc) is 3.21. The van der Waals surface area contributed by atoms with Gasteiger partial charge in [0.1, 0.15) is 5.82 Å². The largest absolute Gasteiger partial charge is 0.370 e. The molecular weight excluding hydrogens is 298 g/mol. The number of nitrogens with one attached hydrogen (secondary N) is 1. The lowest BCUT2D eigenvalue weighted by Crippen LogP contribution is -2.22. The monoisotopic (exact) mass is 321 g/mol. The van der Waals surface area contributed by atoms with Crippen molar-refractivity contribution in [2.24, 2.45) is 5.92 Å². The van der Waals surface area contributed by atoms with Gasteiger partial charge in [0.2, 0.25) is 0 Å². The molecule has 0 aromatic carbocycles. The number of anilines is 1. The molecule has 0 radical (unpaired) electrons. The van der Waals surface area contributed by atoms with Gasteiger partial charge in [0, 0.05) is 37.1 Å². The highest BCUT2D eigenvalue weighted by molar-refractivity contribution is 5.53. The second-order valence-corrected chi connectivity index (χ2v) is 6.64. The molecule has 0 bridgehead atoms. The van der Waals surface area contributed by atoms with Crippen molar-refractivity contribution in [1.29, 1.82) is 0 Å². The Bertz CT molecular complexity index is 825. The van der Waals surface area contributed by atoms with Crippen LogP contribution >= 0.6 is 0 Å². The normalized spacial score (nSPS) is 18.3. The Morgan fingerprint density at radius 3 is 3.08 bits per heavy atom. The van der Waals surface area contributed by atoms with Crippen molar-refractivity contribution >= 4 is 11.3 Å². The molecule has 4 heterocycles. The molecule has 0 spiro atoms. The molecule has 124 valence electrons. The molecule has 0 amide bonds. The maximum absolute atomic E-state index is 4.51. The molecule has 5 heteroatoms. The lowest BCUT2D eigenvalue weighted by Gasteiger charge is -2.16. The molecule has 3 aromatic rings. The Morgan fingerprint density at radius 2 is 2.17 bits per heavy atom. The predicted octanol–water partition coefficient (Wildman–Crippen LogP) is 2.97. The third kappa shape index (κ3) is 3.26. The SMILES string of the molecule is Cc1cccc(NCC2CCN(Cc3cnn4ccccc34)C2)n1. The van der Waals surface area contributed by atoms with Crippen molar-refractivity contribution in [2.45, 2.75) is 19.9 Å². The topological polar surface area (TPSA) is 45.5 Å². The zero-order valence-corrected chi connectivity index (χ0v) is 14.0. The summed E-state index contributed by atoms with van der Waals surface area (Å²) in [4.78, 5) is 7.04. The highest BCUT2D eigenvalue weighted by Crippen LogP contribution is 2.21. The smallest absolute Gasteiger partial charge is 0.126 e. The van der Waals surface area contributed by atoms with Crippen molar-refractivity contribution in [3.05, 3.63) is 60.0 Å². The third-order valence-corrected chi connectivity index (χ3v) is 4.73. The number of aryl methyl sites for hydroxylation is 1. The van der Waals surface area contributed by atoms with Crippen LogP contribution < -0.4 is 5.32 Å². The molecule has 4 rings (SSSR count). The van der Waals surface area contributed by atoms with Gasteiger partial charge in [-0.1, -0.05) is 12.1 Å². The minimum absolute atomic E-state index is 0.675. The first-order valence-corrected chi connectivity index (χ1v) is 8.59. The molecule has 0 aliphatic carbocycles. The Labute approximate surface area is 142 Å². The number of hydrogen-bond donors (Lipinski definition) is 1. The number of aromatic nitrogens is 3. The number of likely N-dealkylation sites (tertiary alicyclic amines) is 1. The van der Waals surface area contributed by atoms with Crippen LogP contribution in [0, 0.1) is 12.8 Å². The third-order valence-electron chi connectivity index (χ3n) is 4.73. The van der Waals surface area contributed by atoms with Crippen LogP contribution in [-0.2, 0) is 6.54 Å². The summed E-state index contributed by atoms with van der Waals surface area (Å²) in [6, 6.07) is 12.3. The van der Waals surface area contributed by atoms with Crippen molar-refractivity contribution in [3.63, 3.8) is 0 Å². The fourth-order valence-electron chi connectivity index (χ4n) is 3.46. The van der Waals surface area contributed by atoms with E-state index in [1.54, 1.807) is 0 Å². The summed E-state index contributed by atoms with van der Waals surface area (Å²) >= 11 is 0. The van der Waals surface area contributed by atoms with Crippen LogP contribution in [0.1, 0.15) is 17.7 Å². The maximum atomic E-state index is 4.51. The molecule has 1 aliphatic rings. The highest BCUT2D eigenvalue weighted by Gasteiger charge is 2.23. The summed E-state index contributed by atoms with van der Waals surface area (Å²) < 4.78 is 1.95. The summed E-state index contributed by atoms with van der Waals surface area (Å²) in [5.74, 6) is 1.66. The van der Waals surface area contributed by atoms with Crippen LogP contribution in [-0.4, -0.2) is 39.1 Å². The van der Waals surface area contributed by atoms with E-state index >= 15 is 0 Å². The van der Waals surface area contributed by atoms with Gasteiger partial charge in [-0.25, -0.2) is 9.50 Å². The van der Waals surface area contributed by atoms with E-state index in [2.05, 4.69) is 38.5 Å². The second-order valence-electron chi connectivity index (χ2n) is 6.64. The zero-order chi connectivity index (χ0) is 16.4. The predicted molar refractivity (Wildman–Crippen MR) is 96.0 cm³/mol. The molecule has 24 heavy (non-hydrogen) atoms. The molecule has 1 unspecified atom stereocenters. The lowest BCUT2D eigenvalue weighted by atomic mass is 10.1. The molecule has 1 atom stereocenters.